The first kappa shape index (κ1) is 24.6. The summed E-state index contributed by atoms with van der Waals surface area (Å²) in [6.07, 6.45) is -1.94. The summed E-state index contributed by atoms with van der Waals surface area (Å²) in [4.78, 5) is 30.7. The lowest BCUT2D eigenvalue weighted by atomic mass is 9.91. The summed E-state index contributed by atoms with van der Waals surface area (Å²) in [6, 6.07) is 15.0. The molecule has 34 heavy (non-hydrogen) atoms. The van der Waals surface area contributed by atoms with Crippen molar-refractivity contribution in [3.05, 3.63) is 92.7 Å². The number of rotatable bonds is 9. The maximum Gasteiger partial charge on any atom is 0.251 e. The lowest BCUT2D eigenvalue weighted by Gasteiger charge is -2.45. The van der Waals surface area contributed by atoms with E-state index in [9.17, 15) is 15.1 Å². The molecule has 0 bridgehead atoms. The SMILES string of the molecule is CC(=O)NC1C(OCc2ccccc2)OC(CN=[N+]=[N-])C(N=[N+]=[N-])C1NC(=O)c1ccccc1. The van der Waals surface area contributed by atoms with Gasteiger partial charge in [0.25, 0.3) is 5.91 Å². The zero-order chi connectivity index (χ0) is 24.3. The molecule has 5 unspecified atom stereocenters. The van der Waals surface area contributed by atoms with E-state index in [2.05, 4.69) is 30.7 Å². The van der Waals surface area contributed by atoms with E-state index in [0.717, 1.165) is 5.56 Å². The normalized spacial score (nSPS) is 23.6. The van der Waals surface area contributed by atoms with E-state index in [0.29, 0.717) is 5.56 Å². The Morgan fingerprint density at radius 1 is 1.00 bits per heavy atom. The first-order valence-electron chi connectivity index (χ1n) is 10.5. The fourth-order valence-corrected chi connectivity index (χ4v) is 3.71. The predicted molar refractivity (Wildman–Crippen MR) is 122 cm³/mol. The molecular weight excluding hydrogens is 440 g/mol. The quantitative estimate of drug-likeness (QED) is 0.329. The number of ether oxygens (including phenoxy) is 2. The van der Waals surface area contributed by atoms with Gasteiger partial charge in [0.2, 0.25) is 5.91 Å². The molecule has 1 heterocycles. The van der Waals surface area contributed by atoms with Crippen LogP contribution < -0.4 is 10.6 Å². The van der Waals surface area contributed by atoms with Crippen LogP contribution in [0.2, 0.25) is 0 Å². The van der Waals surface area contributed by atoms with Gasteiger partial charge in [0.15, 0.2) is 6.29 Å². The molecule has 12 nitrogen and oxygen atoms in total. The van der Waals surface area contributed by atoms with Crippen LogP contribution in [0.15, 0.2) is 70.9 Å². The van der Waals surface area contributed by atoms with Crippen molar-refractivity contribution in [1.29, 1.82) is 0 Å². The number of benzene rings is 2. The average Bonchev–Trinajstić information content (AvgIpc) is 2.85. The highest BCUT2D eigenvalue weighted by atomic mass is 16.7. The van der Waals surface area contributed by atoms with Crippen LogP contribution in [-0.2, 0) is 20.9 Å². The molecule has 5 atom stereocenters. The monoisotopic (exact) mass is 464 g/mol. The van der Waals surface area contributed by atoms with Crippen LogP contribution in [0.3, 0.4) is 0 Å². The maximum absolute atomic E-state index is 13.0. The summed E-state index contributed by atoms with van der Waals surface area (Å²) in [5.74, 6) is -0.834. The van der Waals surface area contributed by atoms with Gasteiger partial charge in [0.05, 0.1) is 31.3 Å². The average molecular weight is 464 g/mol. The summed E-state index contributed by atoms with van der Waals surface area (Å²) in [5.41, 5.74) is 19.2. The Labute approximate surface area is 195 Å². The molecule has 0 aromatic heterocycles. The van der Waals surface area contributed by atoms with Crippen molar-refractivity contribution in [2.45, 2.75) is 44.1 Å². The van der Waals surface area contributed by atoms with Gasteiger partial charge in [-0.05, 0) is 28.8 Å². The number of hydrogen-bond acceptors (Lipinski definition) is 6. The van der Waals surface area contributed by atoms with E-state index < -0.39 is 42.3 Å². The molecule has 2 amide bonds. The fraction of sp³-hybridized carbons (Fsp3) is 0.364. The van der Waals surface area contributed by atoms with Gasteiger partial charge in [-0.2, -0.15) is 0 Å². The van der Waals surface area contributed by atoms with Gasteiger partial charge in [-0.1, -0.05) is 58.8 Å². The van der Waals surface area contributed by atoms with E-state index in [1.165, 1.54) is 6.92 Å². The Balaban J connectivity index is 1.95. The Hall–Kier alpha value is -4.08. The second-order valence-electron chi connectivity index (χ2n) is 7.54. The number of amides is 2. The Morgan fingerprint density at radius 3 is 2.29 bits per heavy atom. The van der Waals surface area contributed by atoms with Crippen LogP contribution in [0.25, 0.3) is 20.9 Å². The molecule has 0 radical (unpaired) electrons. The van der Waals surface area contributed by atoms with Crippen molar-refractivity contribution >= 4 is 11.8 Å². The highest BCUT2D eigenvalue weighted by molar-refractivity contribution is 5.94. The second kappa shape index (κ2) is 12.2. The van der Waals surface area contributed by atoms with Crippen LogP contribution in [0.5, 0.6) is 0 Å². The Morgan fingerprint density at radius 2 is 1.68 bits per heavy atom. The number of hydrogen-bond donors (Lipinski definition) is 2. The predicted octanol–water partition coefficient (Wildman–Crippen LogP) is 3.22. The largest absolute Gasteiger partial charge is 0.347 e. The van der Waals surface area contributed by atoms with Crippen LogP contribution in [-0.4, -0.2) is 48.9 Å². The van der Waals surface area contributed by atoms with Crippen LogP contribution >= 0.6 is 0 Å². The molecule has 3 rings (SSSR count). The number of nitrogens with zero attached hydrogens (tertiary/aromatic N) is 6. The fourth-order valence-electron chi connectivity index (χ4n) is 3.71. The molecule has 0 saturated carbocycles. The number of nitrogens with one attached hydrogen (secondary N) is 2. The first-order chi connectivity index (χ1) is 16.5. The highest BCUT2D eigenvalue weighted by Gasteiger charge is 2.47. The molecule has 176 valence electrons. The van der Waals surface area contributed by atoms with E-state index in [4.69, 9.17) is 15.0 Å². The molecular formula is C22H24N8O4. The zero-order valence-corrected chi connectivity index (χ0v) is 18.4. The Kier molecular flexibility index (Phi) is 8.84. The highest BCUT2D eigenvalue weighted by Crippen LogP contribution is 2.26. The van der Waals surface area contributed by atoms with Crippen LogP contribution in [0.4, 0.5) is 0 Å². The maximum atomic E-state index is 13.0. The topological polar surface area (TPSA) is 174 Å². The second-order valence-corrected chi connectivity index (χ2v) is 7.54. The van der Waals surface area contributed by atoms with E-state index in [-0.39, 0.29) is 13.2 Å². The number of carbonyl (C=O) groups is 2. The molecule has 2 N–H and O–H groups in total. The number of azide groups is 2. The molecule has 12 heteroatoms. The van der Waals surface area contributed by atoms with Crippen molar-refractivity contribution in [2.75, 3.05) is 6.54 Å². The van der Waals surface area contributed by atoms with Crippen molar-refractivity contribution in [2.24, 2.45) is 10.2 Å². The minimum absolute atomic E-state index is 0.154. The van der Waals surface area contributed by atoms with Gasteiger partial charge >= 0.3 is 0 Å². The Bertz CT molecular complexity index is 1070. The van der Waals surface area contributed by atoms with Gasteiger partial charge in [0, 0.05) is 22.3 Å². The molecule has 0 spiro atoms. The van der Waals surface area contributed by atoms with Crippen molar-refractivity contribution in [3.63, 3.8) is 0 Å². The van der Waals surface area contributed by atoms with Gasteiger partial charge in [0.1, 0.15) is 6.04 Å². The summed E-state index contributed by atoms with van der Waals surface area (Å²) in [6.45, 7) is 1.30. The molecule has 1 aliphatic heterocycles. The molecule has 2 aromatic rings. The molecule has 1 fully saturated rings. The summed E-state index contributed by atoms with van der Waals surface area (Å²) in [7, 11) is 0. The lowest BCUT2D eigenvalue weighted by molar-refractivity contribution is -0.221. The van der Waals surface area contributed by atoms with E-state index in [1.54, 1.807) is 30.3 Å². The minimum atomic E-state index is -1.03. The molecule has 1 aliphatic rings. The van der Waals surface area contributed by atoms with Gasteiger partial charge in [-0.15, -0.1) is 0 Å². The van der Waals surface area contributed by atoms with E-state index in [1.807, 2.05) is 30.3 Å². The van der Waals surface area contributed by atoms with Gasteiger partial charge < -0.3 is 20.1 Å². The number of carbonyl (C=O) groups excluding carboxylic acids is 2. The van der Waals surface area contributed by atoms with Gasteiger partial charge in [-0.3, -0.25) is 9.59 Å². The lowest BCUT2D eigenvalue weighted by Crippen LogP contribution is -2.68. The van der Waals surface area contributed by atoms with Crippen LogP contribution in [0, 0.1) is 0 Å². The van der Waals surface area contributed by atoms with E-state index >= 15 is 0 Å². The summed E-state index contributed by atoms with van der Waals surface area (Å²) < 4.78 is 12.0. The summed E-state index contributed by atoms with van der Waals surface area (Å²) >= 11 is 0. The first-order valence-corrected chi connectivity index (χ1v) is 10.5. The zero-order valence-electron chi connectivity index (χ0n) is 18.4. The van der Waals surface area contributed by atoms with Crippen molar-refractivity contribution < 1.29 is 19.1 Å². The van der Waals surface area contributed by atoms with Crippen molar-refractivity contribution in [1.82, 2.24) is 10.6 Å². The standard InChI is InChI=1S/C22H24N8O4/c1-14(31)26-20-19(27-21(32)16-10-6-3-7-11-16)18(28-30-24)17(12-25-29-23)34-22(20)33-13-15-8-4-2-5-9-15/h2-11,17-20,22H,12-13H2,1H3,(H,26,31)(H,27,32). The molecule has 0 aliphatic carbocycles. The summed E-state index contributed by atoms with van der Waals surface area (Å²) in [5, 5.41) is 13.0. The van der Waals surface area contributed by atoms with Crippen molar-refractivity contribution in [3.8, 4) is 0 Å². The third-order valence-electron chi connectivity index (χ3n) is 5.21. The third kappa shape index (κ3) is 6.47. The molecule has 2 aromatic carbocycles. The van der Waals surface area contributed by atoms with Crippen LogP contribution in [0.1, 0.15) is 22.8 Å². The smallest absolute Gasteiger partial charge is 0.251 e. The third-order valence-corrected chi connectivity index (χ3v) is 5.21. The van der Waals surface area contributed by atoms with Gasteiger partial charge in [-0.25, -0.2) is 0 Å². The molecule has 1 saturated heterocycles. The minimum Gasteiger partial charge on any atom is -0.347 e.